The van der Waals surface area contributed by atoms with Crippen LogP contribution in [0.5, 0.6) is 0 Å². The molecule has 1 aliphatic rings. The van der Waals surface area contributed by atoms with E-state index in [1.165, 1.54) is 0 Å². The quantitative estimate of drug-likeness (QED) is 0.188. The van der Waals surface area contributed by atoms with Gasteiger partial charge in [-0.3, -0.25) is 19.4 Å². The van der Waals surface area contributed by atoms with E-state index in [0.717, 1.165) is 90.0 Å². The van der Waals surface area contributed by atoms with Gasteiger partial charge in [-0.1, -0.05) is 48.4 Å². The average molecular weight is 610 g/mol. The SMILES string of the molecule is C#Cc1cnc(C[C@H]2CC[C@H](C(C(=O)NCc3ccccc3)c3ccc(-c4cnn(C)c4)cn3)CC2)nc1CCc1cccnc1. The first-order chi connectivity index (χ1) is 22.6. The number of nitrogens with zero attached hydrogens (tertiary/aromatic N) is 6. The molecule has 8 heteroatoms. The number of amides is 1. The highest BCUT2D eigenvalue weighted by Gasteiger charge is 2.34. The van der Waals surface area contributed by atoms with Crippen molar-refractivity contribution in [3.63, 3.8) is 0 Å². The monoisotopic (exact) mass is 609 g/mol. The van der Waals surface area contributed by atoms with Gasteiger partial charge in [-0.15, -0.1) is 6.42 Å². The molecule has 0 spiro atoms. The highest BCUT2D eigenvalue weighted by atomic mass is 16.1. The molecule has 1 aliphatic carbocycles. The summed E-state index contributed by atoms with van der Waals surface area (Å²) in [5.41, 5.74) is 6.71. The van der Waals surface area contributed by atoms with E-state index < -0.39 is 0 Å². The van der Waals surface area contributed by atoms with Crippen LogP contribution in [0.15, 0.2) is 91.8 Å². The van der Waals surface area contributed by atoms with E-state index in [4.69, 9.17) is 16.4 Å². The lowest BCUT2D eigenvalue weighted by Gasteiger charge is -2.33. The third-order valence-electron chi connectivity index (χ3n) is 9.02. The van der Waals surface area contributed by atoms with Gasteiger partial charge in [0.1, 0.15) is 5.82 Å². The normalized spacial score (nSPS) is 16.8. The van der Waals surface area contributed by atoms with Gasteiger partial charge in [0.2, 0.25) is 5.91 Å². The molecule has 8 nitrogen and oxygen atoms in total. The van der Waals surface area contributed by atoms with Crippen LogP contribution in [0.4, 0.5) is 0 Å². The van der Waals surface area contributed by atoms with E-state index in [1.54, 1.807) is 17.1 Å². The lowest BCUT2D eigenvalue weighted by molar-refractivity contribution is -0.124. The Morgan fingerprint density at radius 3 is 2.46 bits per heavy atom. The highest BCUT2D eigenvalue weighted by molar-refractivity contribution is 5.83. The smallest absolute Gasteiger partial charge is 0.229 e. The van der Waals surface area contributed by atoms with Gasteiger partial charge >= 0.3 is 0 Å². The number of pyridine rings is 2. The van der Waals surface area contributed by atoms with Crippen LogP contribution in [0.1, 0.15) is 65.5 Å². The van der Waals surface area contributed by atoms with E-state index in [-0.39, 0.29) is 17.7 Å². The van der Waals surface area contributed by atoms with Crippen molar-refractivity contribution in [3.8, 4) is 23.5 Å². The number of benzene rings is 1. The molecule has 4 heterocycles. The number of terminal acetylenes is 1. The molecule has 1 aromatic carbocycles. The summed E-state index contributed by atoms with van der Waals surface area (Å²) >= 11 is 0. The maximum atomic E-state index is 13.8. The Morgan fingerprint density at radius 1 is 0.935 bits per heavy atom. The van der Waals surface area contributed by atoms with E-state index in [9.17, 15) is 4.79 Å². The Morgan fingerprint density at radius 2 is 1.76 bits per heavy atom. The summed E-state index contributed by atoms with van der Waals surface area (Å²) in [6.07, 6.45) is 23.2. The van der Waals surface area contributed by atoms with Gasteiger partial charge in [-0.2, -0.15) is 5.10 Å². The average Bonchev–Trinajstić information content (AvgIpc) is 3.54. The first-order valence-electron chi connectivity index (χ1n) is 16.0. The number of carbonyl (C=O) groups excluding carboxylic acids is 1. The van der Waals surface area contributed by atoms with Crippen molar-refractivity contribution in [2.24, 2.45) is 18.9 Å². The number of nitrogens with one attached hydrogen (secondary N) is 1. The van der Waals surface area contributed by atoms with Crippen molar-refractivity contribution in [1.29, 1.82) is 0 Å². The minimum absolute atomic E-state index is 0.0281. The first kappa shape index (κ1) is 30.8. The molecule has 1 amide bonds. The molecule has 232 valence electrons. The third-order valence-corrected chi connectivity index (χ3v) is 9.02. The molecule has 46 heavy (non-hydrogen) atoms. The van der Waals surface area contributed by atoms with E-state index in [1.807, 2.05) is 80.4 Å². The molecule has 0 saturated heterocycles. The Labute approximate surface area is 270 Å². The summed E-state index contributed by atoms with van der Waals surface area (Å²) in [6.45, 7) is 0.493. The number of aromatic nitrogens is 6. The molecule has 1 saturated carbocycles. The Hall–Kier alpha value is -5.16. The van der Waals surface area contributed by atoms with Crippen molar-refractivity contribution in [2.45, 2.75) is 57.4 Å². The van der Waals surface area contributed by atoms with Gasteiger partial charge in [0.05, 0.1) is 29.1 Å². The van der Waals surface area contributed by atoms with Crippen LogP contribution in [0.3, 0.4) is 0 Å². The lowest BCUT2D eigenvalue weighted by Crippen LogP contribution is -2.35. The topological polar surface area (TPSA) is 98.5 Å². The first-order valence-corrected chi connectivity index (χ1v) is 16.0. The van der Waals surface area contributed by atoms with Gasteiger partial charge in [-0.25, -0.2) is 9.97 Å². The highest BCUT2D eigenvalue weighted by Crippen LogP contribution is 2.39. The molecular weight excluding hydrogens is 570 g/mol. The largest absolute Gasteiger partial charge is 0.351 e. The summed E-state index contributed by atoms with van der Waals surface area (Å²) in [5, 5.41) is 7.49. The van der Waals surface area contributed by atoms with Gasteiger partial charge in [0.15, 0.2) is 0 Å². The number of aryl methyl sites for hydroxylation is 3. The van der Waals surface area contributed by atoms with E-state index >= 15 is 0 Å². The molecule has 0 aliphatic heterocycles. The van der Waals surface area contributed by atoms with Crippen molar-refractivity contribution in [2.75, 3.05) is 0 Å². The van der Waals surface area contributed by atoms with Crippen LogP contribution in [-0.2, 0) is 37.6 Å². The van der Waals surface area contributed by atoms with Gasteiger partial charge < -0.3 is 5.32 Å². The fourth-order valence-corrected chi connectivity index (χ4v) is 6.48. The van der Waals surface area contributed by atoms with E-state index in [0.29, 0.717) is 12.5 Å². The second kappa shape index (κ2) is 14.7. The van der Waals surface area contributed by atoms with Gasteiger partial charge in [0, 0.05) is 62.1 Å². The predicted molar refractivity (Wildman–Crippen MR) is 178 cm³/mol. The second-order valence-electron chi connectivity index (χ2n) is 12.2. The molecule has 4 aromatic heterocycles. The zero-order valence-corrected chi connectivity index (χ0v) is 26.2. The van der Waals surface area contributed by atoms with Crippen molar-refractivity contribution < 1.29 is 4.79 Å². The summed E-state index contributed by atoms with van der Waals surface area (Å²) in [5.74, 6) is 3.95. The maximum absolute atomic E-state index is 13.8. The molecule has 0 radical (unpaired) electrons. The number of rotatable bonds is 11. The molecule has 1 N–H and O–H groups in total. The van der Waals surface area contributed by atoms with Crippen LogP contribution in [-0.4, -0.2) is 35.6 Å². The molecule has 1 fully saturated rings. The predicted octanol–water partition coefficient (Wildman–Crippen LogP) is 5.88. The van der Waals surface area contributed by atoms with Crippen LogP contribution in [0.25, 0.3) is 11.1 Å². The van der Waals surface area contributed by atoms with Crippen LogP contribution < -0.4 is 5.32 Å². The summed E-state index contributed by atoms with van der Waals surface area (Å²) in [4.78, 5) is 32.4. The minimum atomic E-state index is -0.321. The molecule has 6 rings (SSSR count). The Bertz CT molecular complexity index is 1770. The Balaban J connectivity index is 1.13. The zero-order chi connectivity index (χ0) is 31.7. The summed E-state index contributed by atoms with van der Waals surface area (Å²) in [6, 6.07) is 18.1. The van der Waals surface area contributed by atoms with Crippen LogP contribution in [0.2, 0.25) is 0 Å². The molecule has 0 bridgehead atoms. The van der Waals surface area contributed by atoms with Crippen molar-refractivity contribution >= 4 is 5.91 Å². The lowest BCUT2D eigenvalue weighted by atomic mass is 9.73. The number of hydrogen-bond acceptors (Lipinski definition) is 6. The maximum Gasteiger partial charge on any atom is 0.229 e. The van der Waals surface area contributed by atoms with Crippen LogP contribution >= 0.6 is 0 Å². The van der Waals surface area contributed by atoms with Crippen molar-refractivity contribution in [3.05, 3.63) is 126 Å². The third kappa shape index (κ3) is 7.73. The fraction of sp³-hybridized carbons (Fsp3) is 0.316. The standard InChI is InChI=1S/C38H39N7O/c1-3-30-23-41-36(44-34(30)17-13-29-10-7-19-39-21-29)20-27-11-14-31(15-12-27)37(38(46)42-22-28-8-5-4-6-9-28)35-18-16-32(24-40-35)33-25-43-45(2)26-33/h1,4-10,16,18-19,21,23-27,31,37H,11-15,17,20,22H2,2H3,(H,42,46)/t27-,31-,37?. The van der Waals surface area contributed by atoms with E-state index in [2.05, 4.69) is 32.4 Å². The zero-order valence-electron chi connectivity index (χ0n) is 26.2. The molecule has 5 aromatic rings. The summed E-state index contributed by atoms with van der Waals surface area (Å²) < 4.78 is 1.78. The fourth-order valence-electron chi connectivity index (χ4n) is 6.48. The molecular formula is C38H39N7O. The number of carbonyl (C=O) groups is 1. The number of hydrogen-bond donors (Lipinski definition) is 1. The summed E-state index contributed by atoms with van der Waals surface area (Å²) in [7, 11) is 1.90. The Kier molecular flexibility index (Phi) is 9.89. The molecule has 1 atom stereocenters. The van der Waals surface area contributed by atoms with Gasteiger partial charge in [-0.05, 0) is 73.6 Å². The van der Waals surface area contributed by atoms with Crippen molar-refractivity contribution in [1.82, 2.24) is 35.0 Å². The molecule has 1 unspecified atom stereocenters. The van der Waals surface area contributed by atoms with Gasteiger partial charge in [0.25, 0.3) is 0 Å². The van der Waals surface area contributed by atoms with Crippen LogP contribution in [0, 0.1) is 24.2 Å². The second-order valence-corrected chi connectivity index (χ2v) is 12.2. The minimum Gasteiger partial charge on any atom is -0.351 e.